The molecule has 2 fully saturated rings. The van der Waals surface area contributed by atoms with Crippen molar-refractivity contribution in [2.45, 2.75) is 44.6 Å². The van der Waals surface area contributed by atoms with E-state index in [-0.39, 0.29) is 11.5 Å². The van der Waals surface area contributed by atoms with Crippen molar-refractivity contribution in [1.29, 1.82) is 0 Å². The van der Waals surface area contributed by atoms with Crippen LogP contribution in [0.1, 0.15) is 49.0 Å². The molecule has 1 aromatic heterocycles. The number of aromatic nitrogens is 2. The van der Waals surface area contributed by atoms with Crippen LogP contribution in [0, 0.1) is 5.92 Å². The molecular formula is C24H25N3O2. The Balaban J connectivity index is 1.65. The highest BCUT2D eigenvalue weighted by molar-refractivity contribution is 6.05. The lowest BCUT2D eigenvalue weighted by atomic mass is 9.78. The summed E-state index contributed by atoms with van der Waals surface area (Å²) in [6, 6.07) is 17.0. The van der Waals surface area contributed by atoms with Crippen molar-refractivity contribution in [2.24, 2.45) is 5.92 Å². The average Bonchev–Trinajstić information content (AvgIpc) is 2.79. The number of fused-ring (bicyclic) bond motifs is 2. The molecule has 1 aliphatic carbocycles. The Hall–Kier alpha value is -2.95. The lowest BCUT2D eigenvalue weighted by Crippen LogP contribution is -2.50. The summed E-state index contributed by atoms with van der Waals surface area (Å²) in [5.41, 5.74) is 0.860. The van der Waals surface area contributed by atoms with Crippen molar-refractivity contribution in [1.82, 2.24) is 14.7 Å². The second-order valence-electron chi connectivity index (χ2n) is 8.20. The Morgan fingerprint density at radius 1 is 0.862 bits per heavy atom. The van der Waals surface area contributed by atoms with Gasteiger partial charge in [-0.15, -0.1) is 0 Å². The lowest BCUT2D eigenvalue weighted by molar-refractivity contribution is 0.0385. The molecule has 3 aromatic rings. The third-order valence-corrected chi connectivity index (χ3v) is 6.51. The molecule has 1 aliphatic heterocycles. The zero-order valence-electron chi connectivity index (χ0n) is 16.5. The number of carbonyl (C=O) groups excluding carboxylic acids is 1. The fourth-order valence-electron chi connectivity index (χ4n) is 5.10. The molecule has 1 amide bonds. The minimum absolute atomic E-state index is 0.0394. The molecule has 0 unspecified atom stereocenters. The number of piperidine rings is 1. The van der Waals surface area contributed by atoms with Gasteiger partial charge in [0.2, 0.25) is 0 Å². The Kier molecular flexibility index (Phi) is 4.66. The lowest BCUT2D eigenvalue weighted by Gasteiger charge is -2.44. The maximum atomic E-state index is 13.7. The summed E-state index contributed by atoms with van der Waals surface area (Å²) >= 11 is 0. The van der Waals surface area contributed by atoms with Crippen LogP contribution in [0.5, 0.6) is 0 Å². The number of amides is 1. The standard InChI is InChI=1S/C24H25N3O2/c28-23-20-14-6-5-13-19(20)22(25-27(23)18-11-2-1-3-12-18)24(29)26-16-8-10-17-9-4-7-15-21(17)26/h1-3,5-6,11-14,17,21H,4,7-10,15-16H2/t17-,21+/m1/s1. The number of rotatable bonds is 2. The highest BCUT2D eigenvalue weighted by atomic mass is 16.2. The summed E-state index contributed by atoms with van der Waals surface area (Å²) in [6.45, 7) is 0.778. The van der Waals surface area contributed by atoms with Crippen LogP contribution < -0.4 is 5.56 Å². The molecule has 2 aromatic carbocycles. The molecule has 0 N–H and O–H groups in total. The van der Waals surface area contributed by atoms with Crippen molar-refractivity contribution in [3.63, 3.8) is 0 Å². The van der Waals surface area contributed by atoms with Crippen LogP contribution in [-0.2, 0) is 0 Å². The highest BCUT2D eigenvalue weighted by Gasteiger charge is 2.37. The second kappa shape index (κ2) is 7.47. The van der Waals surface area contributed by atoms with Gasteiger partial charge in [0, 0.05) is 18.0 Å². The smallest absolute Gasteiger partial charge is 0.279 e. The van der Waals surface area contributed by atoms with E-state index in [1.165, 1.54) is 30.4 Å². The van der Waals surface area contributed by atoms with Gasteiger partial charge in [0.25, 0.3) is 11.5 Å². The van der Waals surface area contributed by atoms with Gasteiger partial charge in [0.15, 0.2) is 5.69 Å². The number of likely N-dealkylation sites (tertiary alicyclic amines) is 1. The number of benzene rings is 2. The quantitative estimate of drug-likeness (QED) is 0.663. The van der Waals surface area contributed by atoms with E-state index in [4.69, 9.17) is 0 Å². The average molecular weight is 387 g/mol. The van der Waals surface area contributed by atoms with Gasteiger partial charge in [0.1, 0.15) is 0 Å². The van der Waals surface area contributed by atoms with E-state index in [1.54, 1.807) is 6.07 Å². The molecule has 0 spiro atoms. The molecule has 2 aliphatic rings. The van der Waals surface area contributed by atoms with Crippen molar-refractivity contribution in [3.8, 4) is 5.69 Å². The second-order valence-corrected chi connectivity index (χ2v) is 8.20. The summed E-state index contributed by atoms with van der Waals surface area (Å²) in [6.07, 6.45) is 7.00. The van der Waals surface area contributed by atoms with Gasteiger partial charge in [-0.05, 0) is 49.8 Å². The Morgan fingerprint density at radius 3 is 2.38 bits per heavy atom. The minimum Gasteiger partial charge on any atom is -0.334 e. The van der Waals surface area contributed by atoms with E-state index < -0.39 is 0 Å². The third kappa shape index (κ3) is 3.15. The van der Waals surface area contributed by atoms with Crippen LogP contribution in [0.25, 0.3) is 16.5 Å². The van der Waals surface area contributed by atoms with Gasteiger partial charge in [-0.3, -0.25) is 9.59 Å². The summed E-state index contributed by atoms with van der Waals surface area (Å²) in [4.78, 5) is 28.8. The van der Waals surface area contributed by atoms with Gasteiger partial charge in [-0.1, -0.05) is 49.2 Å². The zero-order valence-corrected chi connectivity index (χ0v) is 16.5. The molecule has 29 heavy (non-hydrogen) atoms. The highest BCUT2D eigenvalue weighted by Crippen LogP contribution is 2.36. The van der Waals surface area contributed by atoms with Crippen LogP contribution in [0.4, 0.5) is 0 Å². The number of hydrogen-bond donors (Lipinski definition) is 0. The van der Waals surface area contributed by atoms with Crippen LogP contribution in [0.2, 0.25) is 0 Å². The van der Waals surface area contributed by atoms with E-state index in [2.05, 4.69) is 5.10 Å². The van der Waals surface area contributed by atoms with Crippen LogP contribution in [0.3, 0.4) is 0 Å². The van der Waals surface area contributed by atoms with E-state index >= 15 is 0 Å². The molecular weight excluding hydrogens is 362 g/mol. The van der Waals surface area contributed by atoms with Crippen molar-refractivity contribution >= 4 is 16.7 Å². The fraction of sp³-hybridized carbons (Fsp3) is 0.375. The van der Waals surface area contributed by atoms with E-state index in [9.17, 15) is 9.59 Å². The summed E-state index contributed by atoms with van der Waals surface area (Å²) in [5, 5.41) is 5.78. The SMILES string of the molecule is O=C(c1nn(-c2ccccc2)c(=O)c2ccccc12)N1CCC[C@H]2CCCC[C@@H]21. The maximum absolute atomic E-state index is 13.7. The van der Waals surface area contributed by atoms with E-state index in [0.717, 1.165) is 19.4 Å². The van der Waals surface area contributed by atoms with Gasteiger partial charge in [-0.2, -0.15) is 9.78 Å². The first kappa shape index (κ1) is 18.1. The summed E-state index contributed by atoms with van der Waals surface area (Å²) < 4.78 is 1.37. The van der Waals surface area contributed by atoms with E-state index in [0.29, 0.717) is 34.1 Å². The molecule has 5 rings (SSSR count). The maximum Gasteiger partial charge on any atom is 0.279 e. The fourth-order valence-corrected chi connectivity index (χ4v) is 5.10. The van der Waals surface area contributed by atoms with Crippen molar-refractivity contribution < 1.29 is 4.79 Å². The molecule has 148 valence electrons. The molecule has 2 atom stereocenters. The predicted molar refractivity (Wildman–Crippen MR) is 113 cm³/mol. The Bertz CT molecular complexity index is 1100. The molecule has 1 saturated heterocycles. The monoisotopic (exact) mass is 387 g/mol. The molecule has 0 bridgehead atoms. The molecule has 2 heterocycles. The number of hydrogen-bond acceptors (Lipinski definition) is 3. The van der Waals surface area contributed by atoms with Gasteiger partial charge in [-0.25, -0.2) is 0 Å². The molecule has 5 nitrogen and oxygen atoms in total. The topological polar surface area (TPSA) is 55.2 Å². The number of nitrogens with zero attached hydrogens (tertiary/aromatic N) is 3. The first-order valence-electron chi connectivity index (χ1n) is 10.6. The van der Waals surface area contributed by atoms with Crippen LogP contribution >= 0.6 is 0 Å². The van der Waals surface area contributed by atoms with Crippen molar-refractivity contribution in [2.75, 3.05) is 6.54 Å². The molecule has 5 heteroatoms. The molecule has 1 saturated carbocycles. The van der Waals surface area contributed by atoms with E-state index in [1.807, 2.05) is 53.4 Å². The van der Waals surface area contributed by atoms with Gasteiger partial charge in [0.05, 0.1) is 11.1 Å². The zero-order chi connectivity index (χ0) is 19.8. The molecule has 0 radical (unpaired) electrons. The Morgan fingerprint density at radius 2 is 1.55 bits per heavy atom. The normalized spacial score (nSPS) is 21.7. The van der Waals surface area contributed by atoms with Crippen LogP contribution in [0.15, 0.2) is 59.4 Å². The van der Waals surface area contributed by atoms with Gasteiger partial charge < -0.3 is 4.90 Å². The number of para-hydroxylation sites is 1. The third-order valence-electron chi connectivity index (χ3n) is 6.51. The van der Waals surface area contributed by atoms with Crippen molar-refractivity contribution in [3.05, 3.63) is 70.6 Å². The minimum atomic E-state index is -0.197. The summed E-state index contributed by atoms with van der Waals surface area (Å²) in [5.74, 6) is 0.565. The van der Waals surface area contributed by atoms with Gasteiger partial charge >= 0.3 is 0 Å². The predicted octanol–water partition coefficient (Wildman–Crippen LogP) is 4.18. The Labute approximate surface area is 170 Å². The number of carbonyl (C=O) groups is 1. The first-order chi connectivity index (χ1) is 14.2. The largest absolute Gasteiger partial charge is 0.334 e. The first-order valence-corrected chi connectivity index (χ1v) is 10.6. The van der Waals surface area contributed by atoms with Crippen LogP contribution in [-0.4, -0.2) is 33.2 Å². The summed E-state index contributed by atoms with van der Waals surface area (Å²) in [7, 11) is 0.